The standard InChI is InChI=1S/C18H24N2O4S/c21-17-8-5-9-18(22)20(17)15-10-12-16(13-11-15)25(23,24)19-14-6-3-1-2-4-7-14/h10-14,19H,1-9H2. The second kappa shape index (κ2) is 7.66. The van der Waals surface area contributed by atoms with Gasteiger partial charge >= 0.3 is 0 Å². The summed E-state index contributed by atoms with van der Waals surface area (Å²) < 4.78 is 27.9. The van der Waals surface area contributed by atoms with Crippen molar-refractivity contribution in [2.45, 2.75) is 68.7 Å². The maximum Gasteiger partial charge on any atom is 0.240 e. The largest absolute Gasteiger partial charge is 0.274 e. The second-order valence-electron chi connectivity index (χ2n) is 6.78. The smallest absolute Gasteiger partial charge is 0.240 e. The zero-order valence-corrected chi connectivity index (χ0v) is 15.1. The van der Waals surface area contributed by atoms with Gasteiger partial charge in [0.15, 0.2) is 0 Å². The van der Waals surface area contributed by atoms with Crippen molar-refractivity contribution in [3.8, 4) is 0 Å². The van der Waals surface area contributed by atoms with Gasteiger partial charge in [0.05, 0.1) is 10.6 Å². The van der Waals surface area contributed by atoms with Crippen LogP contribution in [-0.4, -0.2) is 26.3 Å². The van der Waals surface area contributed by atoms with E-state index in [1.54, 1.807) is 0 Å². The number of amides is 2. The maximum atomic E-state index is 12.6. The van der Waals surface area contributed by atoms with Crippen LogP contribution in [0.15, 0.2) is 29.2 Å². The molecule has 0 bridgehead atoms. The van der Waals surface area contributed by atoms with Crippen LogP contribution in [0.5, 0.6) is 0 Å². The van der Waals surface area contributed by atoms with Crippen LogP contribution in [0, 0.1) is 0 Å². The first-order valence-corrected chi connectivity index (χ1v) is 10.4. The lowest BCUT2D eigenvalue weighted by Crippen LogP contribution is -2.40. The number of sulfonamides is 1. The lowest BCUT2D eigenvalue weighted by atomic mass is 10.1. The first-order valence-electron chi connectivity index (χ1n) is 8.95. The molecule has 1 N–H and O–H groups in total. The van der Waals surface area contributed by atoms with E-state index < -0.39 is 10.0 Å². The van der Waals surface area contributed by atoms with Gasteiger partial charge < -0.3 is 0 Å². The molecular formula is C18H24N2O4S. The molecule has 7 heteroatoms. The van der Waals surface area contributed by atoms with Gasteiger partial charge in [0.1, 0.15) is 0 Å². The molecule has 1 aliphatic carbocycles. The monoisotopic (exact) mass is 364 g/mol. The van der Waals surface area contributed by atoms with Crippen molar-refractivity contribution in [2.75, 3.05) is 4.90 Å². The topological polar surface area (TPSA) is 83.6 Å². The Kier molecular flexibility index (Phi) is 5.54. The van der Waals surface area contributed by atoms with E-state index >= 15 is 0 Å². The first-order chi connectivity index (χ1) is 12.0. The summed E-state index contributed by atoms with van der Waals surface area (Å²) in [6.07, 6.45) is 7.41. The Morgan fingerprint density at radius 2 is 1.40 bits per heavy atom. The summed E-state index contributed by atoms with van der Waals surface area (Å²) in [4.78, 5) is 25.2. The SMILES string of the molecule is O=C1CCCC(=O)N1c1ccc(S(=O)(=O)NC2CCCCCC2)cc1. The van der Waals surface area contributed by atoms with Crippen LogP contribution in [0.3, 0.4) is 0 Å². The zero-order chi connectivity index (χ0) is 17.9. The van der Waals surface area contributed by atoms with Gasteiger partial charge in [0.25, 0.3) is 0 Å². The van der Waals surface area contributed by atoms with Crippen molar-refractivity contribution in [2.24, 2.45) is 0 Å². The van der Waals surface area contributed by atoms with Gasteiger partial charge in [-0.3, -0.25) is 14.5 Å². The fourth-order valence-corrected chi connectivity index (χ4v) is 4.81. The number of imide groups is 1. The van der Waals surface area contributed by atoms with Crippen LogP contribution in [0.1, 0.15) is 57.8 Å². The van der Waals surface area contributed by atoms with E-state index in [4.69, 9.17) is 0 Å². The molecule has 2 amide bonds. The Bertz CT molecular complexity index is 719. The summed E-state index contributed by atoms with van der Waals surface area (Å²) in [6, 6.07) is 5.97. The third kappa shape index (κ3) is 4.27. The number of hydrogen-bond donors (Lipinski definition) is 1. The normalized spacial score (nSPS) is 20.6. The molecule has 1 heterocycles. The number of anilines is 1. The number of piperidine rings is 1. The molecule has 25 heavy (non-hydrogen) atoms. The molecular weight excluding hydrogens is 340 g/mol. The molecule has 1 saturated heterocycles. The van der Waals surface area contributed by atoms with Crippen molar-refractivity contribution in [1.29, 1.82) is 0 Å². The van der Waals surface area contributed by atoms with Crippen LogP contribution >= 0.6 is 0 Å². The summed E-state index contributed by atoms with van der Waals surface area (Å²) in [5, 5.41) is 0. The van der Waals surface area contributed by atoms with Gasteiger partial charge in [-0.05, 0) is 43.5 Å². The van der Waals surface area contributed by atoms with E-state index in [0.717, 1.165) is 43.4 Å². The first kappa shape index (κ1) is 18.1. The minimum atomic E-state index is -3.59. The van der Waals surface area contributed by atoms with Gasteiger partial charge in [0.2, 0.25) is 21.8 Å². The van der Waals surface area contributed by atoms with E-state index in [1.165, 1.54) is 24.3 Å². The number of nitrogens with one attached hydrogen (secondary N) is 1. The summed E-state index contributed by atoms with van der Waals surface area (Å²) in [6.45, 7) is 0. The Labute approximate surface area is 148 Å². The van der Waals surface area contributed by atoms with E-state index in [2.05, 4.69) is 4.72 Å². The zero-order valence-electron chi connectivity index (χ0n) is 14.2. The third-order valence-corrected chi connectivity index (χ3v) is 6.40. The molecule has 2 aliphatic rings. The highest BCUT2D eigenvalue weighted by atomic mass is 32.2. The molecule has 3 rings (SSSR count). The molecule has 0 unspecified atom stereocenters. The fraction of sp³-hybridized carbons (Fsp3) is 0.556. The van der Waals surface area contributed by atoms with Crippen LogP contribution in [0.4, 0.5) is 5.69 Å². The summed E-state index contributed by atoms with van der Waals surface area (Å²) in [7, 11) is -3.59. The predicted octanol–water partition coefficient (Wildman–Crippen LogP) is 2.73. The lowest BCUT2D eigenvalue weighted by Gasteiger charge is -2.25. The van der Waals surface area contributed by atoms with Gasteiger partial charge in [-0.15, -0.1) is 0 Å². The van der Waals surface area contributed by atoms with E-state index in [-0.39, 0.29) is 22.8 Å². The van der Waals surface area contributed by atoms with Gasteiger partial charge in [0, 0.05) is 18.9 Å². The van der Waals surface area contributed by atoms with Crippen LogP contribution in [0.2, 0.25) is 0 Å². The molecule has 0 spiro atoms. The Hall–Kier alpha value is -1.73. The van der Waals surface area contributed by atoms with E-state index in [0.29, 0.717) is 24.9 Å². The molecule has 0 aromatic heterocycles. The molecule has 1 aromatic rings. The predicted molar refractivity (Wildman–Crippen MR) is 94.6 cm³/mol. The van der Waals surface area contributed by atoms with Gasteiger partial charge in [-0.1, -0.05) is 25.7 Å². The quantitative estimate of drug-likeness (QED) is 0.658. The summed E-state index contributed by atoms with van der Waals surface area (Å²) in [5.74, 6) is -0.466. The number of rotatable bonds is 4. The van der Waals surface area contributed by atoms with Crippen LogP contribution in [-0.2, 0) is 19.6 Å². The van der Waals surface area contributed by atoms with E-state index in [1.807, 2.05) is 0 Å². The molecule has 1 aromatic carbocycles. The van der Waals surface area contributed by atoms with E-state index in [9.17, 15) is 18.0 Å². The molecule has 1 saturated carbocycles. The molecule has 1 aliphatic heterocycles. The highest BCUT2D eigenvalue weighted by Gasteiger charge is 2.28. The van der Waals surface area contributed by atoms with Crippen molar-refractivity contribution < 1.29 is 18.0 Å². The fourth-order valence-electron chi connectivity index (χ4n) is 3.50. The third-order valence-electron chi connectivity index (χ3n) is 4.86. The lowest BCUT2D eigenvalue weighted by molar-refractivity contribution is -0.129. The minimum Gasteiger partial charge on any atom is -0.274 e. The maximum absolute atomic E-state index is 12.6. The minimum absolute atomic E-state index is 0.0163. The Morgan fingerprint density at radius 3 is 1.96 bits per heavy atom. The number of carbonyl (C=O) groups is 2. The van der Waals surface area contributed by atoms with Crippen LogP contribution in [0.25, 0.3) is 0 Å². The van der Waals surface area contributed by atoms with Gasteiger partial charge in [-0.2, -0.15) is 0 Å². The Morgan fingerprint density at radius 1 is 0.840 bits per heavy atom. The average Bonchev–Trinajstić information content (AvgIpc) is 2.83. The molecule has 0 atom stereocenters. The highest BCUT2D eigenvalue weighted by molar-refractivity contribution is 7.89. The van der Waals surface area contributed by atoms with Gasteiger partial charge in [-0.25, -0.2) is 13.1 Å². The molecule has 2 fully saturated rings. The van der Waals surface area contributed by atoms with Crippen molar-refractivity contribution >= 4 is 27.5 Å². The second-order valence-corrected chi connectivity index (χ2v) is 8.49. The molecule has 136 valence electrons. The number of carbonyl (C=O) groups excluding carboxylic acids is 2. The van der Waals surface area contributed by atoms with Crippen molar-refractivity contribution in [1.82, 2.24) is 4.72 Å². The number of hydrogen-bond acceptors (Lipinski definition) is 4. The average molecular weight is 364 g/mol. The summed E-state index contributed by atoms with van der Waals surface area (Å²) >= 11 is 0. The molecule has 0 radical (unpaired) electrons. The number of benzene rings is 1. The highest BCUT2D eigenvalue weighted by Crippen LogP contribution is 2.24. The Balaban J connectivity index is 1.74. The molecule has 6 nitrogen and oxygen atoms in total. The number of nitrogens with zero attached hydrogens (tertiary/aromatic N) is 1. The summed E-state index contributed by atoms with van der Waals surface area (Å²) in [5.41, 5.74) is 0.433. The van der Waals surface area contributed by atoms with Crippen molar-refractivity contribution in [3.63, 3.8) is 0 Å². The van der Waals surface area contributed by atoms with Crippen LogP contribution < -0.4 is 9.62 Å². The van der Waals surface area contributed by atoms with Crippen molar-refractivity contribution in [3.05, 3.63) is 24.3 Å².